The maximum absolute atomic E-state index is 12.4. The minimum atomic E-state index is -1.44. The summed E-state index contributed by atoms with van der Waals surface area (Å²) in [7, 11) is -1.44. The number of esters is 1. The monoisotopic (exact) mass is 337 g/mol. The largest absolute Gasteiger partial charge is 0.483 e. The zero-order valence-electron chi connectivity index (χ0n) is 13.9. The molecule has 1 heterocycles. The van der Waals surface area contributed by atoms with Gasteiger partial charge in [-0.25, -0.2) is 8.93 Å². The fourth-order valence-electron chi connectivity index (χ4n) is 2.22. The van der Waals surface area contributed by atoms with E-state index in [4.69, 9.17) is 9.47 Å². The van der Waals surface area contributed by atoms with Crippen molar-refractivity contribution in [2.45, 2.75) is 44.6 Å². The van der Waals surface area contributed by atoms with Gasteiger partial charge >= 0.3 is 5.97 Å². The van der Waals surface area contributed by atoms with Gasteiger partial charge < -0.3 is 9.47 Å². The Kier molecular flexibility index (Phi) is 5.26. The molecule has 6 heteroatoms. The van der Waals surface area contributed by atoms with Crippen molar-refractivity contribution in [3.05, 3.63) is 36.4 Å². The molecule has 0 saturated carbocycles. The molecule has 0 fully saturated rings. The van der Waals surface area contributed by atoms with Gasteiger partial charge in [0.05, 0.1) is 22.3 Å². The summed E-state index contributed by atoms with van der Waals surface area (Å²) in [5.41, 5.74) is 1.53. The van der Waals surface area contributed by atoms with Crippen LogP contribution in [0, 0.1) is 0 Å². The van der Waals surface area contributed by atoms with Crippen molar-refractivity contribution in [1.82, 2.24) is 4.72 Å². The Labute approximate surface area is 139 Å². The highest BCUT2D eigenvalue weighted by Gasteiger charge is 2.40. The molecule has 1 aromatic rings. The summed E-state index contributed by atoms with van der Waals surface area (Å²) in [5, 5.41) is 0. The van der Waals surface area contributed by atoms with Crippen molar-refractivity contribution >= 4 is 22.5 Å². The van der Waals surface area contributed by atoms with Crippen LogP contribution >= 0.6 is 0 Å². The van der Waals surface area contributed by atoms with Gasteiger partial charge in [-0.3, -0.25) is 4.79 Å². The molecule has 3 atom stereocenters. The molecule has 5 nitrogen and oxygen atoms in total. The molecule has 1 N–H and O–H groups in total. The minimum absolute atomic E-state index is 0.241. The number of hydrogen-bond acceptors (Lipinski definition) is 4. The second-order valence-corrected chi connectivity index (χ2v) is 8.29. The van der Waals surface area contributed by atoms with Crippen molar-refractivity contribution < 1.29 is 18.5 Å². The van der Waals surface area contributed by atoms with E-state index in [1.54, 1.807) is 6.92 Å². The van der Waals surface area contributed by atoms with Crippen LogP contribution in [0.2, 0.25) is 0 Å². The third kappa shape index (κ3) is 3.82. The number of ether oxygens (including phenoxy) is 2. The predicted molar refractivity (Wildman–Crippen MR) is 91.3 cm³/mol. The molecular formula is C17H23NO4S. The van der Waals surface area contributed by atoms with Crippen molar-refractivity contribution in [1.29, 1.82) is 0 Å². The fraction of sp³-hybridized carbons (Fsp3) is 0.471. The Morgan fingerprint density at radius 3 is 2.65 bits per heavy atom. The van der Waals surface area contributed by atoms with E-state index < -0.39 is 33.8 Å². The van der Waals surface area contributed by atoms with Gasteiger partial charge in [0.2, 0.25) is 0 Å². The number of carbonyl (C=O) groups excluding carboxylic acids is 1. The highest BCUT2D eigenvalue weighted by atomic mass is 32.2. The van der Waals surface area contributed by atoms with Gasteiger partial charge in [0.1, 0.15) is 5.75 Å². The maximum Gasteiger partial charge on any atom is 0.328 e. The second kappa shape index (κ2) is 6.84. The summed E-state index contributed by atoms with van der Waals surface area (Å²) in [6, 6.07) is 6.57. The zero-order valence-corrected chi connectivity index (χ0v) is 14.7. The van der Waals surface area contributed by atoms with Crippen LogP contribution in [-0.2, 0) is 20.5 Å². The van der Waals surface area contributed by atoms with Crippen LogP contribution in [0.4, 0.5) is 0 Å². The summed E-state index contributed by atoms with van der Waals surface area (Å²) in [6.45, 7) is 11.5. The number of carbonyl (C=O) groups is 1. The van der Waals surface area contributed by atoms with E-state index >= 15 is 0 Å². The lowest BCUT2D eigenvalue weighted by Crippen LogP contribution is -2.52. The van der Waals surface area contributed by atoms with E-state index in [9.17, 15) is 9.00 Å². The number of hydrogen-bond donors (Lipinski definition) is 1. The topological polar surface area (TPSA) is 64.6 Å². The van der Waals surface area contributed by atoms with Crippen LogP contribution in [-0.4, -0.2) is 33.7 Å². The van der Waals surface area contributed by atoms with Gasteiger partial charge in [-0.2, -0.15) is 0 Å². The maximum atomic E-state index is 12.4. The van der Waals surface area contributed by atoms with E-state index in [-0.39, 0.29) is 6.61 Å². The smallest absolute Gasteiger partial charge is 0.328 e. The number of fused-ring (bicyclic) bond motifs is 1. The first-order chi connectivity index (χ1) is 10.8. The van der Waals surface area contributed by atoms with Gasteiger partial charge in [-0.15, -0.1) is 0 Å². The van der Waals surface area contributed by atoms with E-state index in [2.05, 4.69) is 11.3 Å². The molecule has 0 amide bonds. The molecule has 1 aliphatic heterocycles. The van der Waals surface area contributed by atoms with Gasteiger partial charge in [0.15, 0.2) is 12.1 Å². The summed E-state index contributed by atoms with van der Waals surface area (Å²) >= 11 is 0. The highest BCUT2D eigenvalue weighted by Crippen LogP contribution is 2.37. The Hall–Kier alpha value is -1.66. The summed E-state index contributed by atoms with van der Waals surface area (Å²) < 4.78 is 25.8. The van der Waals surface area contributed by atoms with Crippen LogP contribution in [0.15, 0.2) is 30.8 Å². The molecule has 1 unspecified atom stereocenters. The van der Waals surface area contributed by atoms with Crippen molar-refractivity contribution in [3.63, 3.8) is 0 Å². The van der Waals surface area contributed by atoms with Gasteiger partial charge in [0.25, 0.3) is 0 Å². The third-order valence-electron chi connectivity index (χ3n) is 3.46. The van der Waals surface area contributed by atoms with E-state index in [0.717, 1.165) is 5.56 Å². The number of rotatable bonds is 5. The van der Waals surface area contributed by atoms with Crippen LogP contribution in [0.1, 0.15) is 33.3 Å². The fourth-order valence-corrected chi connectivity index (χ4v) is 3.03. The quantitative estimate of drug-likeness (QED) is 0.838. The highest BCUT2D eigenvalue weighted by molar-refractivity contribution is 7.84. The lowest BCUT2D eigenvalue weighted by molar-refractivity contribution is -0.146. The second-order valence-electron chi connectivity index (χ2n) is 6.29. The SMILES string of the molecule is C=C1c2ccccc2O[C@@H]1[C@@H](NS(=O)C(C)(C)C)C(=O)OCC. The van der Waals surface area contributed by atoms with Crippen molar-refractivity contribution in [2.75, 3.05) is 6.61 Å². The van der Waals surface area contributed by atoms with Gasteiger partial charge in [0, 0.05) is 5.56 Å². The molecule has 0 bridgehead atoms. The van der Waals surface area contributed by atoms with E-state index in [1.165, 1.54) is 0 Å². The van der Waals surface area contributed by atoms with E-state index in [1.807, 2.05) is 45.0 Å². The van der Waals surface area contributed by atoms with Crippen LogP contribution in [0.5, 0.6) is 5.75 Å². The third-order valence-corrected chi connectivity index (χ3v) is 5.04. The Morgan fingerprint density at radius 2 is 2.09 bits per heavy atom. The number of nitrogens with one attached hydrogen (secondary N) is 1. The summed E-state index contributed by atoms with van der Waals surface area (Å²) in [5.74, 6) is 0.171. The first-order valence-corrected chi connectivity index (χ1v) is 8.70. The Morgan fingerprint density at radius 1 is 1.43 bits per heavy atom. The molecule has 1 aromatic carbocycles. The van der Waals surface area contributed by atoms with Gasteiger partial charge in [-0.05, 0) is 39.3 Å². The molecule has 23 heavy (non-hydrogen) atoms. The molecular weight excluding hydrogens is 314 g/mol. The Balaban J connectivity index is 2.27. The molecule has 126 valence electrons. The number of benzene rings is 1. The van der Waals surface area contributed by atoms with E-state index in [0.29, 0.717) is 11.3 Å². The normalized spacial score (nSPS) is 19.7. The summed E-state index contributed by atoms with van der Waals surface area (Å²) in [6.07, 6.45) is -0.641. The average Bonchev–Trinajstić information content (AvgIpc) is 2.81. The molecule has 1 aliphatic rings. The minimum Gasteiger partial charge on any atom is -0.483 e. The van der Waals surface area contributed by atoms with Crippen LogP contribution < -0.4 is 9.46 Å². The molecule has 0 aromatic heterocycles. The molecule has 0 aliphatic carbocycles. The predicted octanol–water partition coefficient (Wildman–Crippen LogP) is 2.44. The van der Waals surface area contributed by atoms with Crippen LogP contribution in [0.25, 0.3) is 5.57 Å². The molecule has 0 saturated heterocycles. The van der Waals surface area contributed by atoms with Crippen molar-refractivity contribution in [3.8, 4) is 5.75 Å². The number of para-hydroxylation sites is 1. The van der Waals surface area contributed by atoms with Crippen molar-refractivity contribution in [2.24, 2.45) is 0 Å². The zero-order chi connectivity index (χ0) is 17.2. The Bertz CT molecular complexity index is 636. The first-order valence-electron chi connectivity index (χ1n) is 7.55. The summed E-state index contributed by atoms with van der Waals surface area (Å²) in [4.78, 5) is 12.3. The standard InChI is InChI=1S/C17H23NO4S/c1-6-21-16(19)14(18-23(20)17(3,4)5)15-11(2)12-9-7-8-10-13(12)22-15/h7-10,14-15,18H,2,6H2,1,3-5H3/t14-,15+,23?/m1/s1. The van der Waals surface area contributed by atoms with Crippen LogP contribution in [0.3, 0.4) is 0 Å². The molecule has 0 spiro atoms. The molecule has 2 rings (SSSR count). The lowest BCUT2D eigenvalue weighted by atomic mass is 10.00. The molecule has 0 radical (unpaired) electrons. The average molecular weight is 337 g/mol. The first kappa shape index (κ1) is 17.7. The van der Waals surface area contributed by atoms with Gasteiger partial charge in [-0.1, -0.05) is 24.8 Å². The lowest BCUT2D eigenvalue weighted by Gasteiger charge is -2.26.